The van der Waals surface area contributed by atoms with Gasteiger partial charge in [-0.15, -0.1) is 0 Å². The van der Waals surface area contributed by atoms with Gasteiger partial charge in [-0.1, -0.05) is 0 Å². The molecule has 0 aliphatic carbocycles. The number of likely N-dealkylation sites (N-methyl/N-ethyl adjacent to an activating group) is 1. The Morgan fingerprint density at radius 3 is 3.14 bits per heavy atom. The molecule has 0 radical (unpaired) electrons. The summed E-state index contributed by atoms with van der Waals surface area (Å²) in [7, 11) is 2.16. The number of anilines is 2. The van der Waals surface area contributed by atoms with E-state index in [0.29, 0.717) is 0 Å². The Morgan fingerprint density at radius 1 is 1.24 bits per heavy atom. The molecule has 0 amide bonds. The van der Waals surface area contributed by atoms with Crippen LogP contribution < -0.4 is 10.2 Å². The summed E-state index contributed by atoms with van der Waals surface area (Å²) in [6, 6.07) is 12.9. The van der Waals surface area contributed by atoms with Crippen molar-refractivity contribution in [3.8, 4) is 0 Å². The molecule has 0 bridgehead atoms. The Morgan fingerprint density at radius 2 is 2.19 bits per heavy atom. The summed E-state index contributed by atoms with van der Waals surface area (Å²) >= 11 is 0.0261. The number of hydrogen-bond acceptors (Lipinski definition) is 4. The van der Waals surface area contributed by atoms with Gasteiger partial charge in [0.25, 0.3) is 0 Å². The summed E-state index contributed by atoms with van der Waals surface area (Å²) in [4.78, 5) is 2.32. The minimum absolute atomic E-state index is 0.0261. The van der Waals surface area contributed by atoms with Crippen LogP contribution in [0.4, 0.5) is 11.4 Å². The minimum atomic E-state index is 0.0261. The van der Waals surface area contributed by atoms with E-state index in [1.54, 1.807) is 0 Å². The summed E-state index contributed by atoms with van der Waals surface area (Å²) in [6.07, 6.45) is 1.15. The van der Waals surface area contributed by atoms with Crippen molar-refractivity contribution in [2.45, 2.75) is 13.0 Å². The SMILES string of the molecule is CN1CCc2cc(CNc3cccc4n[se]nc34)ccc21. The van der Waals surface area contributed by atoms with Crippen molar-refractivity contribution in [1.82, 2.24) is 7.96 Å². The number of aromatic nitrogens is 2. The molecule has 4 rings (SSSR count). The second-order valence-electron chi connectivity index (χ2n) is 5.43. The molecule has 5 heteroatoms. The topological polar surface area (TPSA) is 41.0 Å². The first kappa shape index (κ1) is 12.9. The molecule has 2 heterocycles. The van der Waals surface area contributed by atoms with Crippen LogP contribution in [0.1, 0.15) is 11.1 Å². The van der Waals surface area contributed by atoms with Crippen LogP contribution in [0.2, 0.25) is 0 Å². The molecule has 0 saturated heterocycles. The van der Waals surface area contributed by atoms with Crippen molar-refractivity contribution in [3.63, 3.8) is 0 Å². The molecule has 106 valence electrons. The van der Waals surface area contributed by atoms with Crippen molar-refractivity contribution in [1.29, 1.82) is 0 Å². The van der Waals surface area contributed by atoms with Gasteiger partial charge < -0.3 is 0 Å². The predicted octanol–water partition coefficient (Wildman–Crippen LogP) is 2.29. The monoisotopic (exact) mass is 344 g/mol. The van der Waals surface area contributed by atoms with Gasteiger partial charge in [0.2, 0.25) is 0 Å². The van der Waals surface area contributed by atoms with Crippen LogP contribution in [-0.2, 0) is 13.0 Å². The number of rotatable bonds is 3. The quantitative estimate of drug-likeness (QED) is 0.741. The van der Waals surface area contributed by atoms with E-state index >= 15 is 0 Å². The van der Waals surface area contributed by atoms with Crippen molar-refractivity contribution in [3.05, 3.63) is 47.5 Å². The summed E-state index contributed by atoms with van der Waals surface area (Å²) in [5, 5.41) is 3.51. The molecule has 0 unspecified atom stereocenters. The van der Waals surface area contributed by atoms with E-state index in [1.807, 2.05) is 12.1 Å². The molecule has 4 nitrogen and oxygen atoms in total. The van der Waals surface area contributed by atoms with Gasteiger partial charge in [-0.2, -0.15) is 0 Å². The van der Waals surface area contributed by atoms with Crippen molar-refractivity contribution in [2.24, 2.45) is 0 Å². The van der Waals surface area contributed by atoms with Gasteiger partial charge in [0.1, 0.15) is 0 Å². The van der Waals surface area contributed by atoms with Crippen molar-refractivity contribution >= 4 is 37.4 Å². The average Bonchev–Trinajstić information content (AvgIpc) is 3.12. The zero-order chi connectivity index (χ0) is 14.2. The maximum absolute atomic E-state index is 4.51. The third kappa shape index (κ3) is 2.33. The van der Waals surface area contributed by atoms with Gasteiger partial charge in [0, 0.05) is 0 Å². The molecule has 0 fully saturated rings. The molecule has 1 aliphatic rings. The summed E-state index contributed by atoms with van der Waals surface area (Å²) < 4.78 is 8.93. The van der Waals surface area contributed by atoms with Crippen LogP contribution in [0.3, 0.4) is 0 Å². The van der Waals surface area contributed by atoms with Crippen LogP contribution in [-0.4, -0.2) is 36.5 Å². The van der Waals surface area contributed by atoms with Gasteiger partial charge >= 0.3 is 130 Å². The van der Waals surface area contributed by atoms with Crippen molar-refractivity contribution < 1.29 is 0 Å². The van der Waals surface area contributed by atoms with Crippen LogP contribution in [0.25, 0.3) is 11.0 Å². The molecule has 1 aromatic heterocycles. The molecule has 21 heavy (non-hydrogen) atoms. The van der Waals surface area contributed by atoms with Crippen LogP contribution >= 0.6 is 0 Å². The third-order valence-electron chi connectivity index (χ3n) is 4.04. The third-order valence-corrected chi connectivity index (χ3v) is 5.18. The van der Waals surface area contributed by atoms with Gasteiger partial charge in [-0.25, -0.2) is 0 Å². The standard InChI is InChI=1S/C16H16N4Se/c1-20-8-7-12-9-11(5-6-15(12)20)10-17-13-3-2-4-14-16(13)19-21-18-14/h2-6,9,17H,7-8,10H2,1H3. The summed E-state index contributed by atoms with van der Waals surface area (Å²) in [6.45, 7) is 1.96. The first-order chi connectivity index (χ1) is 10.3. The molecule has 3 aromatic rings. The fourth-order valence-corrected chi connectivity index (χ4v) is 4.03. The summed E-state index contributed by atoms with van der Waals surface area (Å²) in [5.41, 5.74) is 7.29. The first-order valence-corrected chi connectivity index (χ1v) is 8.62. The van der Waals surface area contributed by atoms with Gasteiger partial charge in [0.15, 0.2) is 0 Å². The van der Waals surface area contributed by atoms with E-state index in [2.05, 4.69) is 49.5 Å². The molecule has 0 saturated carbocycles. The van der Waals surface area contributed by atoms with Gasteiger partial charge in [-0.05, 0) is 0 Å². The van der Waals surface area contributed by atoms with Crippen molar-refractivity contribution in [2.75, 3.05) is 23.8 Å². The Balaban J connectivity index is 1.56. The number of nitrogens with zero attached hydrogens (tertiary/aromatic N) is 3. The first-order valence-electron chi connectivity index (χ1n) is 7.09. The zero-order valence-electron chi connectivity index (χ0n) is 11.8. The van der Waals surface area contributed by atoms with E-state index in [9.17, 15) is 0 Å². The predicted molar refractivity (Wildman–Crippen MR) is 87.2 cm³/mol. The van der Waals surface area contributed by atoms with E-state index in [4.69, 9.17) is 0 Å². The van der Waals surface area contributed by atoms with Crippen LogP contribution in [0.15, 0.2) is 36.4 Å². The molecule has 0 atom stereocenters. The number of hydrogen-bond donors (Lipinski definition) is 1. The van der Waals surface area contributed by atoms with E-state index < -0.39 is 0 Å². The molecule has 1 N–H and O–H groups in total. The molecular weight excluding hydrogens is 327 g/mol. The van der Waals surface area contributed by atoms with Gasteiger partial charge in [-0.3, -0.25) is 0 Å². The van der Waals surface area contributed by atoms with Crippen LogP contribution in [0, 0.1) is 0 Å². The fraction of sp³-hybridized carbons (Fsp3) is 0.250. The molecule has 1 aliphatic heterocycles. The molecule has 0 spiro atoms. The average molecular weight is 343 g/mol. The zero-order valence-corrected chi connectivity index (χ0v) is 13.5. The second kappa shape index (κ2) is 5.17. The van der Waals surface area contributed by atoms with Gasteiger partial charge in [0.05, 0.1) is 0 Å². The van der Waals surface area contributed by atoms with E-state index in [-0.39, 0.29) is 15.0 Å². The Hall–Kier alpha value is -1.84. The second-order valence-corrected chi connectivity index (χ2v) is 6.53. The normalized spacial score (nSPS) is 13.7. The number of nitrogens with one attached hydrogen (secondary N) is 1. The summed E-state index contributed by atoms with van der Waals surface area (Å²) in [5.74, 6) is 0. The maximum atomic E-state index is 4.51. The Kier molecular flexibility index (Phi) is 3.17. The molecule has 2 aromatic carbocycles. The fourth-order valence-electron chi connectivity index (χ4n) is 2.88. The number of fused-ring (bicyclic) bond motifs is 2. The van der Waals surface area contributed by atoms with E-state index in [0.717, 1.165) is 36.2 Å². The Bertz CT molecular complexity index is 796. The molecular formula is C16H16N4Se. The van der Waals surface area contributed by atoms with E-state index in [1.165, 1.54) is 16.8 Å². The number of benzene rings is 2. The van der Waals surface area contributed by atoms with Crippen LogP contribution in [0.5, 0.6) is 0 Å². The Labute approximate surface area is 130 Å².